The van der Waals surface area contributed by atoms with E-state index in [1.165, 1.54) is 0 Å². The molecule has 122 valence electrons. The smallest absolute Gasteiger partial charge is 0.227 e. The number of hydrogen-bond donors (Lipinski definition) is 2. The summed E-state index contributed by atoms with van der Waals surface area (Å²) >= 11 is 6.01. The number of rotatable bonds is 6. The van der Waals surface area contributed by atoms with E-state index in [1.54, 1.807) is 18.2 Å². The Hall–Kier alpha value is -2.93. The molecule has 7 nitrogen and oxygen atoms in total. The van der Waals surface area contributed by atoms with Gasteiger partial charge in [-0.2, -0.15) is 5.21 Å². The molecule has 0 fully saturated rings. The fourth-order valence-electron chi connectivity index (χ4n) is 2.08. The van der Waals surface area contributed by atoms with Crippen molar-refractivity contribution in [2.75, 3.05) is 11.9 Å². The molecular weight excluding hydrogens is 330 g/mol. The average molecular weight is 344 g/mol. The van der Waals surface area contributed by atoms with Gasteiger partial charge in [-0.25, -0.2) is 0 Å². The summed E-state index contributed by atoms with van der Waals surface area (Å²) in [5.74, 6) is 0.904. The Morgan fingerprint density at radius 2 is 2.04 bits per heavy atom. The van der Waals surface area contributed by atoms with Crippen LogP contribution in [0.2, 0.25) is 5.02 Å². The Labute approximate surface area is 143 Å². The summed E-state index contributed by atoms with van der Waals surface area (Å²) in [6.45, 7) is 0.272. The van der Waals surface area contributed by atoms with Crippen LogP contribution < -0.4 is 10.1 Å². The zero-order chi connectivity index (χ0) is 16.8. The number of carbonyl (C=O) groups is 1. The molecule has 0 spiro atoms. The van der Waals surface area contributed by atoms with Crippen molar-refractivity contribution in [1.82, 2.24) is 20.6 Å². The Bertz CT molecular complexity index is 809. The van der Waals surface area contributed by atoms with Crippen LogP contribution in [0.15, 0.2) is 48.5 Å². The molecule has 1 aromatic heterocycles. The van der Waals surface area contributed by atoms with Gasteiger partial charge in [-0.15, -0.1) is 10.2 Å². The van der Waals surface area contributed by atoms with Crippen molar-refractivity contribution in [1.29, 1.82) is 0 Å². The summed E-state index contributed by atoms with van der Waals surface area (Å²) in [6.07, 6.45) is 0.201. The van der Waals surface area contributed by atoms with E-state index in [2.05, 4.69) is 25.9 Å². The highest BCUT2D eigenvalue weighted by atomic mass is 35.5. The lowest BCUT2D eigenvalue weighted by Gasteiger charge is -2.10. The van der Waals surface area contributed by atoms with Crippen LogP contribution in [-0.2, 0) is 4.79 Å². The van der Waals surface area contributed by atoms with E-state index in [4.69, 9.17) is 16.3 Å². The normalized spacial score (nSPS) is 10.4. The van der Waals surface area contributed by atoms with Crippen LogP contribution in [0.4, 0.5) is 5.69 Å². The summed E-state index contributed by atoms with van der Waals surface area (Å²) in [6, 6.07) is 14.4. The minimum absolute atomic E-state index is 0.196. The molecule has 0 aliphatic heterocycles. The lowest BCUT2D eigenvalue weighted by atomic mass is 10.1. The molecule has 0 saturated carbocycles. The molecule has 0 atom stereocenters. The van der Waals surface area contributed by atoms with Crippen LogP contribution >= 0.6 is 11.6 Å². The number of nitrogens with one attached hydrogen (secondary N) is 2. The molecule has 8 heteroatoms. The molecule has 0 aliphatic carbocycles. The van der Waals surface area contributed by atoms with Crippen LogP contribution in [0.5, 0.6) is 5.75 Å². The van der Waals surface area contributed by atoms with E-state index in [0.29, 0.717) is 22.1 Å². The first-order chi connectivity index (χ1) is 11.7. The van der Waals surface area contributed by atoms with Gasteiger partial charge in [0.05, 0.1) is 18.7 Å². The second-order valence-electron chi connectivity index (χ2n) is 4.89. The molecule has 2 N–H and O–H groups in total. The Balaban J connectivity index is 1.63. The minimum Gasteiger partial charge on any atom is -0.493 e. The van der Waals surface area contributed by atoms with Crippen molar-refractivity contribution >= 4 is 23.2 Å². The van der Waals surface area contributed by atoms with Crippen molar-refractivity contribution < 1.29 is 9.53 Å². The molecule has 3 aromatic rings. The lowest BCUT2D eigenvalue weighted by molar-refractivity contribution is -0.116. The molecule has 0 saturated heterocycles. The van der Waals surface area contributed by atoms with Gasteiger partial charge in [0.1, 0.15) is 5.75 Å². The fourth-order valence-corrected chi connectivity index (χ4v) is 2.25. The molecule has 1 heterocycles. The van der Waals surface area contributed by atoms with Gasteiger partial charge in [0.25, 0.3) is 0 Å². The maximum Gasteiger partial charge on any atom is 0.227 e. The van der Waals surface area contributed by atoms with Crippen molar-refractivity contribution in [2.24, 2.45) is 0 Å². The third-order valence-corrected chi connectivity index (χ3v) is 3.42. The van der Waals surface area contributed by atoms with E-state index in [-0.39, 0.29) is 18.9 Å². The predicted octanol–water partition coefficient (Wildman–Crippen LogP) is 2.93. The van der Waals surface area contributed by atoms with Crippen LogP contribution in [0.25, 0.3) is 11.4 Å². The van der Waals surface area contributed by atoms with Gasteiger partial charge in [-0.3, -0.25) is 4.79 Å². The molecule has 0 aliphatic rings. The first kappa shape index (κ1) is 15.9. The van der Waals surface area contributed by atoms with E-state index in [1.807, 2.05) is 30.3 Å². The van der Waals surface area contributed by atoms with Gasteiger partial charge in [-0.05, 0) is 35.5 Å². The Kier molecular flexibility index (Phi) is 5.02. The zero-order valence-electron chi connectivity index (χ0n) is 12.6. The second kappa shape index (κ2) is 7.56. The monoisotopic (exact) mass is 343 g/mol. The van der Waals surface area contributed by atoms with E-state index in [9.17, 15) is 4.79 Å². The van der Waals surface area contributed by atoms with E-state index in [0.717, 1.165) is 5.75 Å². The molecule has 1 amide bonds. The SMILES string of the molecule is O=C(CCOc1ccccc1)Nc1cc(Cl)ccc1-c1nn[nH]n1. The van der Waals surface area contributed by atoms with Crippen molar-refractivity contribution in [3.63, 3.8) is 0 Å². The fraction of sp³-hybridized carbons (Fsp3) is 0.125. The first-order valence-electron chi connectivity index (χ1n) is 7.23. The molecule has 0 bridgehead atoms. The highest BCUT2D eigenvalue weighted by Crippen LogP contribution is 2.28. The van der Waals surface area contributed by atoms with Gasteiger partial charge < -0.3 is 10.1 Å². The van der Waals surface area contributed by atoms with Crippen LogP contribution in [0.3, 0.4) is 0 Å². The number of aromatic nitrogens is 4. The third kappa shape index (κ3) is 4.08. The summed E-state index contributed by atoms with van der Waals surface area (Å²) < 4.78 is 5.51. The average Bonchev–Trinajstić information content (AvgIpc) is 3.10. The third-order valence-electron chi connectivity index (χ3n) is 3.18. The van der Waals surface area contributed by atoms with Gasteiger partial charge in [0.15, 0.2) is 0 Å². The summed E-state index contributed by atoms with van der Waals surface area (Å²) in [5, 5.41) is 17.0. The van der Waals surface area contributed by atoms with Crippen LogP contribution in [0, 0.1) is 0 Å². The summed E-state index contributed by atoms with van der Waals surface area (Å²) in [5.41, 5.74) is 1.15. The molecule has 24 heavy (non-hydrogen) atoms. The molecule has 0 radical (unpaired) electrons. The standard InChI is InChI=1S/C16H14ClN5O2/c17-11-6-7-13(16-19-21-22-20-16)14(10-11)18-15(23)8-9-24-12-4-2-1-3-5-12/h1-7,10H,8-9H2,(H,18,23)(H,19,20,21,22). The number of tetrazole rings is 1. The maximum atomic E-state index is 12.1. The maximum absolute atomic E-state index is 12.1. The summed E-state index contributed by atoms with van der Waals surface area (Å²) in [7, 11) is 0. The Morgan fingerprint density at radius 1 is 1.21 bits per heavy atom. The number of amides is 1. The lowest BCUT2D eigenvalue weighted by Crippen LogP contribution is -2.15. The number of H-pyrrole nitrogens is 1. The van der Waals surface area contributed by atoms with Gasteiger partial charge >= 0.3 is 0 Å². The van der Waals surface area contributed by atoms with Crippen molar-refractivity contribution in [2.45, 2.75) is 6.42 Å². The highest BCUT2D eigenvalue weighted by Gasteiger charge is 2.12. The molecular formula is C16H14ClN5O2. The van der Waals surface area contributed by atoms with Gasteiger partial charge in [0, 0.05) is 10.6 Å². The predicted molar refractivity (Wildman–Crippen MR) is 89.8 cm³/mol. The topological polar surface area (TPSA) is 92.8 Å². The largest absolute Gasteiger partial charge is 0.493 e. The van der Waals surface area contributed by atoms with Crippen LogP contribution in [-0.4, -0.2) is 33.1 Å². The van der Waals surface area contributed by atoms with E-state index < -0.39 is 0 Å². The number of halogens is 1. The number of hydrogen-bond acceptors (Lipinski definition) is 5. The quantitative estimate of drug-likeness (QED) is 0.717. The van der Waals surface area contributed by atoms with Crippen molar-refractivity contribution in [3.8, 4) is 17.1 Å². The number of benzene rings is 2. The zero-order valence-corrected chi connectivity index (χ0v) is 13.3. The summed E-state index contributed by atoms with van der Waals surface area (Å²) in [4.78, 5) is 12.1. The Morgan fingerprint density at radius 3 is 2.79 bits per heavy atom. The molecule has 3 rings (SSSR count). The molecule has 0 unspecified atom stereocenters. The number of anilines is 1. The number of aromatic amines is 1. The second-order valence-corrected chi connectivity index (χ2v) is 5.32. The minimum atomic E-state index is -0.196. The highest BCUT2D eigenvalue weighted by molar-refractivity contribution is 6.31. The molecule has 2 aromatic carbocycles. The van der Waals surface area contributed by atoms with Gasteiger partial charge in [-0.1, -0.05) is 29.8 Å². The number of ether oxygens (including phenoxy) is 1. The van der Waals surface area contributed by atoms with Crippen molar-refractivity contribution in [3.05, 3.63) is 53.6 Å². The number of para-hydroxylation sites is 1. The first-order valence-corrected chi connectivity index (χ1v) is 7.61. The number of carbonyl (C=O) groups excluding carboxylic acids is 1. The van der Waals surface area contributed by atoms with E-state index >= 15 is 0 Å². The van der Waals surface area contributed by atoms with Gasteiger partial charge in [0.2, 0.25) is 11.7 Å². The van der Waals surface area contributed by atoms with Crippen LogP contribution in [0.1, 0.15) is 6.42 Å². The number of nitrogens with zero attached hydrogens (tertiary/aromatic N) is 3.